The van der Waals surface area contributed by atoms with Crippen LogP contribution in [0.25, 0.3) is 0 Å². The number of ether oxygens (including phenoxy) is 3. The highest BCUT2D eigenvalue weighted by atomic mass is 16.6. The zero-order valence-corrected chi connectivity index (χ0v) is 10.5. The van der Waals surface area contributed by atoms with Crippen molar-refractivity contribution in [3.63, 3.8) is 0 Å². The van der Waals surface area contributed by atoms with Crippen LogP contribution in [-0.2, 0) is 14.2 Å². The molecule has 0 aromatic rings. The maximum Gasteiger partial charge on any atom is 0.104 e. The van der Waals surface area contributed by atoms with Crippen LogP contribution in [0.15, 0.2) is 0 Å². The van der Waals surface area contributed by atoms with Crippen LogP contribution in [0.3, 0.4) is 0 Å². The Morgan fingerprint density at radius 3 is 2.94 bits per heavy atom. The zero-order valence-electron chi connectivity index (χ0n) is 10.5. The van der Waals surface area contributed by atoms with Gasteiger partial charge in [-0.1, -0.05) is 0 Å². The second-order valence-electron chi connectivity index (χ2n) is 5.72. The summed E-state index contributed by atoms with van der Waals surface area (Å²) in [6.07, 6.45) is 7.73. The molecule has 2 aliphatic heterocycles. The number of hydrogen-bond donors (Lipinski definition) is 0. The first-order chi connectivity index (χ1) is 8.33. The molecule has 1 aliphatic carbocycles. The molecule has 5 atom stereocenters. The van der Waals surface area contributed by atoms with Crippen molar-refractivity contribution in [2.75, 3.05) is 19.8 Å². The molecule has 2 heterocycles. The van der Waals surface area contributed by atoms with Crippen LogP contribution >= 0.6 is 0 Å². The van der Waals surface area contributed by atoms with Crippen LogP contribution in [0.4, 0.5) is 0 Å². The lowest BCUT2D eigenvalue weighted by atomic mass is 9.79. The van der Waals surface area contributed by atoms with Gasteiger partial charge in [0.2, 0.25) is 0 Å². The van der Waals surface area contributed by atoms with E-state index >= 15 is 0 Å². The van der Waals surface area contributed by atoms with E-state index < -0.39 is 0 Å². The first kappa shape index (κ1) is 11.9. The van der Waals surface area contributed by atoms with Crippen LogP contribution in [0.5, 0.6) is 0 Å². The summed E-state index contributed by atoms with van der Waals surface area (Å²) in [5.74, 6) is 1.37. The molecule has 0 aromatic carbocycles. The van der Waals surface area contributed by atoms with E-state index in [1.54, 1.807) is 0 Å². The summed E-state index contributed by atoms with van der Waals surface area (Å²) < 4.78 is 16.2. The van der Waals surface area contributed by atoms with Gasteiger partial charge in [-0.25, -0.2) is 0 Å². The third-order valence-corrected chi connectivity index (χ3v) is 4.28. The third kappa shape index (κ3) is 3.43. The number of rotatable bonds is 7. The summed E-state index contributed by atoms with van der Waals surface area (Å²) >= 11 is 0. The number of hydrogen-bond acceptors (Lipinski definition) is 3. The number of epoxide rings is 2. The van der Waals surface area contributed by atoms with E-state index in [4.69, 9.17) is 14.2 Å². The van der Waals surface area contributed by atoms with Crippen molar-refractivity contribution >= 4 is 0 Å². The van der Waals surface area contributed by atoms with Crippen molar-refractivity contribution in [1.82, 2.24) is 0 Å². The molecule has 3 aliphatic rings. The summed E-state index contributed by atoms with van der Waals surface area (Å²) in [5.41, 5.74) is 0. The Balaban J connectivity index is 1.25. The van der Waals surface area contributed by atoms with Crippen molar-refractivity contribution in [2.45, 2.75) is 50.4 Å². The molecule has 97 valence electrons. The van der Waals surface area contributed by atoms with Crippen molar-refractivity contribution < 1.29 is 14.2 Å². The van der Waals surface area contributed by atoms with Gasteiger partial charge in [0.05, 0.1) is 25.4 Å². The Morgan fingerprint density at radius 1 is 1.29 bits per heavy atom. The van der Waals surface area contributed by atoms with Gasteiger partial charge in [0.15, 0.2) is 0 Å². The maximum absolute atomic E-state index is 5.57. The molecule has 0 amide bonds. The Kier molecular flexibility index (Phi) is 3.69. The van der Waals surface area contributed by atoms with Gasteiger partial charge >= 0.3 is 0 Å². The first-order valence-corrected chi connectivity index (χ1v) is 7.01. The van der Waals surface area contributed by atoms with Gasteiger partial charge in [-0.2, -0.15) is 0 Å². The minimum atomic E-state index is 0.396. The zero-order chi connectivity index (χ0) is 11.7. The van der Waals surface area contributed by atoms with Crippen molar-refractivity contribution in [3.05, 3.63) is 6.92 Å². The molecule has 2 saturated heterocycles. The summed E-state index contributed by atoms with van der Waals surface area (Å²) in [4.78, 5) is 0. The summed E-state index contributed by atoms with van der Waals surface area (Å²) in [6.45, 7) is 6.86. The molecule has 3 heteroatoms. The molecule has 1 saturated carbocycles. The smallest absolute Gasteiger partial charge is 0.104 e. The van der Waals surface area contributed by atoms with Gasteiger partial charge in [-0.3, -0.25) is 0 Å². The minimum absolute atomic E-state index is 0.396. The molecule has 0 N–H and O–H groups in total. The van der Waals surface area contributed by atoms with E-state index in [1.165, 1.54) is 25.7 Å². The van der Waals surface area contributed by atoms with Crippen LogP contribution in [-0.4, -0.2) is 38.1 Å². The van der Waals surface area contributed by atoms with Gasteiger partial charge in [0, 0.05) is 6.61 Å². The minimum Gasteiger partial charge on any atom is -0.379 e. The quantitative estimate of drug-likeness (QED) is 0.504. The monoisotopic (exact) mass is 239 g/mol. The average molecular weight is 239 g/mol. The predicted molar refractivity (Wildman–Crippen MR) is 64.6 cm³/mol. The lowest BCUT2D eigenvalue weighted by Gasteiger charge is -2.25. The van der Waals surface area contributed by atoms with E-state index in [2.05, 4.69) is 6.92 Å². The molecule has 0 aromatic heterocycles. The molecule has 3 nitrogen and oxygen atoms in total. The van der Waals surface area contributed by atoms with E-state index in [-0.39, 0.29) is 0 Å². The standard InChI is InChI=1S/C14H23O3/c1-10(3-2-6-15-8-12-9-16-12)11-4-5-13-14(7-11)17-13/h10-14H,1-9H2. The maximum atomic E-state index is 5.57. The van der Waals surface area contributed by atoms with E-state index in [0.29, 0.717) is 24.2 Å². The first-order valence-electron chi connectivity index (χ1n) is 7.01. The summed E-state index contributed by atoms with van der Waals surface area (Å²) in [6, 6.07) is 0. The van der Waals surface area contributed by atoms with Crippen LogP contribution in [0.2, 0.25) is 0 Å². The second-order valence-corrected chi connectivity index (χ2v) is 5.72. The van der Waals surface area contributed by atoms with Gasteiger partial charge in [-0.05, 0) is 50.9 Å². The van der Waals surface area contributed by atoms with Crippen molar-refractivity contribution in [3.8, 4) is 0 Å². The third-order valence-electron chi connectivity index (χ3n) is 4.28. The van der Waals surface area contributed by atoms with Crippen LogP contribution < -0.4 is 0 Å². The highest BCUT2D eigenvalue weighted by Gasteiger charge is 2.44. The lowest BCUT2D eigenvalue weighted by Crippen LogP contribution is -2.20. The van der Waals surface area contributed by atoms with E-state index in [0.717, 1.165) is 32.2 Å². The van der Waals surface area contributed by atoms with Crippen molar-refractivity contribution in [1.29, 1.82) is 0 Å². The molecule has 3 fully saturated rings. The molecular formula is C14H23O3. The second kappa shape index (κ2) is 5.25. The Morgan fingerprint density at radius 2 is 2.18 bits per heavy atom. The molecule has 1 radical (unpaired) electrons. The van der Waals surface area contributed by atoms with Gasteiger partial charge < -0.3 is 14.2 Å². The fourth-order valence-corrected chi connectivity index (χ4v) is 2.93. The van der Waals surface area contributed by atoms with Crippen LogP contribution in [0, 0.1) is 18.8 Å². The highest BCUT2D eigenvalue weighted by molar-refractivity contribution is 4.93. The fraction of sp³-hybridized carbons (Fsp3) is 0.929. The average Bonchev–Trinajstić information content (AvgIpc) is 3.21. The van der Waals surface area contributed by atoms with Gasteiger partial charge in [0.1, 0.15) is 6.10 Å². The molecule has 0 spiro atoms. The Labute approximate surface area is 104 Å². The predicted octanol–water partition coefficient (Wildman–Crippen LogP) is 2.20. The topological polar surface area (TPSA) is 34.3 Å². The van der Waals surface area contributed by atoms with E-state index in [9.17, 15) is 0 Å². The van der Waals surface area contributed by atoms with Gasteiger partial charge in [0.25, 0.3) is 0 Å². The molecular weight excluding hydrogens is 216 g/mol. The normalized spacial score (nSPS) is 40.8. The fourth-order valence-electron chi connectivity index (χ4n) is 2.93. The van der Waals surface area contributed by atoms with E-state index in [1.807, 2.05) is 0 Å². The molecule has 3 rings (SSSR count). The molecule has 17 heavy (non-hydrogen) atoms. The Hall–Kier alpha value is -0.120. The lowest BCUT2D eigenvalue weighted by molar-refractivity contribution is 0.108. The van der Waals surface area contributed by atoms with Gasteiger partial charge in [-0.15, -0.1) is 0 Å². The summed E-state index contributed by atoms with van der Waals surface area (Å²) in [7, 11) is 0. The molecule has 5 unspecified atom stereocenters. The Bertz CT molecular complexity index is 252. The summed E-state index contributed by atoms with van der Waals surface area (Å²) in [5, 5.41) is 0. The van der Waals surface area contributed by atoms with Crippen LogP contribution in [0.1, 0.15) is 32.1 Å². The SMILES string of the molecule is [CH2]C(CCCOCC1CO1)C1CCC2OC2C1. The molecule has 0 bridgehead atoms. The number of fused-ring (bicyclic) bond motifs is 1. The largest absolute Gasteiger partial charge is 0.379 e. The highest BCUT2D eigenvalue weighted by Crippen LogP contribution is 2.42. The van der Waals surface area contributed by atoms with Crippen molar-refractivity contribution in [2.24, 2.45) is 11.8 Å².